The van der Waals surface area contributed by atoms with Crippen LogP contribution in [0.3, 0.4) is 0 Å². The normalized spacial score (nSPS) is 16.6. The van der Waals surface area contributed by atoms with Gasteiger partial charge in [-0.25, -0.2) is 0 Å². The summed E-state index contributed by atoms with van der Waals surface area (Å²) >= 11 is 3.35. The molecule has 1 fully saturated rings. The van der Waals surface area contributed by atoms with E-state index in [1.165, 1.54) is 12.8 Å². The molecular weight excluding hydrogens is 282 g/mol. The summed E-state index contributed by atoms with van der Waals surface area (Å²) < 4.78 is 6.05. The summed E-state index contributed by atoms with van der Waals surface area (Å²) in [5, 5.41) is 0. The third-order valence-corrected chi connectivity index (χ3v) is 3.41. The lowest BCUT2D eigenvalue weighted by molar-refractivity contribution is -0.145. The highest BCUT2D eigenvalue weighted by atomic mass is 79.9. The quantitative estimate of drug-likeness (QED) is 0.783. The first kappa shape index (κ1) is 12.6. The number of hydrogen-bond acceptors (Lipinski definition) is 3. The lowest BCUT2D eigenvalue weighted by Gasteiger charge is -2.14. The molecule has 0 aromatic carbocycles. The van der Waals surface area contributed by atoms with Gasteiger partial charge in [-0.1, -0.05) is 12.8 Å². The Labute approximate surface area is 110 Å². The van der Waals surface area contributed by atoms with E-state index >= 15 is 0 Å². The van der Waals surface area contributed by atoms with Crippen LogP contribution in [0, 0.1) is 5.92 Å². The number of aromatic nitrogens is 1. The van der Waals surface area contributed by atoms with Crippen molar-refractivity contribution in [3.8, 4) is 0 Å². The van der Waals surface area contributed by atoms with Gasteiger partial charge in [-0.15, -0.1) is 0 Å². The summed E-state index contributed by atoms with van der Waals surface area (Å²) in [6.45, 7) is 2.26. The second kappa shape index (κ2) is 5.63. The number of pyridine rings is 1. The van der Waals surface area contributed by atoms with Crippen LogP contribution in [0.15, 0.2) is 22.8 Å². The van der Waals surface area contributed by atoms with Crippen molar-refractivity contribution in [1.29, 1.82) is 0 Å². The summed E-state index contributed by atoms with van der Waals surface area (Å²) in [6.07, 6.45) is 5.06. The largest absolute Gasteiger partial charge is 0.465 e. The fourth-order valence-corrected chi connectivity index (χ4v) is 2.10. The molecule has 0 bridgehead atoms. The molecule has 3 nitrogen and oxygen atoms in total. The number of halogens is 1. The lowest BCUT2D eigenvalue weighted by atomic mass is 9.98. The van der Waals surface area contributed by atoms with E-state index < -0.39 is 0 Å². The monoisotopic (exact) mass is 297 g/mol. The van der Waals surface area contributed by atoms with Crippen molar-refractivity contribution in [2.75, 3.05) is 6.61 Å². The van der Waals surface area contributed by atoms with E-state index in [4.69, 9.17) is 4.74 Å². The molecule has 0 radical (unpaired) electrons. The maximum Gasteiger partial charge on any atom is 0.315 e. The summed E-state index contributed by atoms with van der Waals surface area (Å²) in [4.78, 5) is 16.2. The summed E-state index contributed by atoms with van der Waals surface area (Å²) in [5.41, 5.74) is 0.818. The zero-order chi connectivity index (χ0) is 12.3. The highest BCUT2D eigenvalue weighted by molar-refractivity contribution is 9.10. The molecule has 1 unspecified atom stereocenters. The topological polar surface area (TPSA) is 39.2 Å². The molecular formula is C13H16BrNO2. The van der Waals surface area contributed by atoms with Crippen molar-refractivity contribution >= 4 is 21.9 Å². The van der Waals surface area contributed by atoms with E-state index in [0.29, 0.717) is 12.5 Å². The number of hydrogen-bond donors (Lipinski definition) is 0. The molecule has 0 spiro atoms. The van der Waals surface area contributed by atoms with Gasteiger partial charge in [0, 0.05) is 10.7 Å². The lowest BCUT2D eigenvalue weighted by Crippen LogP contribution is -2.17. The number of carbonyl (C=O) groups excluding carboxylic acids is 1. The Bertz CT molecular complexity index is 387. The maximum atomic E-state index is 11.9. The Hall–Kier alpha value is -0.900. The van der Waals surface area contributed by atoms with E-state index in [0.717, 1.165) is 16.6 Å². The second-order valence-corrected chi connectivity index (χ2v) is 5.30. The van der Waals surface area contributed by atoms with Crippen LogP contribution in [0.5, 0.6) is 0 Å². The molecule has 0 N–H and O–H groups in total. The van der Waals surface area contributed by atoms with Gasteiger partial charge in [0.15, 0.2) is 0 Å². The average Bonchev–Trinajstić information content (AvgIpc) is 3.11. The van der Waals surface area contributed by atoms with Crippen molar-refractivity contribution in [2.24, 2.45) is 5.92 Å². The molecule has 1 aromatic heterocycles. The smallest absolute Gasteiger partial charge is 0.315 e. The summed E-state index contributed by atoms with van der Waals surface area (Å²) in [5.74, 6) is 0.333. The van der Waals surface area contributed by atoms with Gasteiger partial charge in [-0.05, 0) is 47.3 Å². The number of carbonyl (C=O) groups is 1. The Morgan fingerprint density at radius 3 is 2.88 bits per heavy atom. The first-order chi connectivity index (χ1) is 8.20. The Balaban J connectivity index is 2.12. The molecule has 1 aliphatic carbocycles. The minimum absolute atomic E-state index is 0.144. The number of rotatable bonds is 5. The van der Waals surface area contributed by atoms with Crippen LogP contribution in [0.4, 0.5) is 0 Å². The SMILES string of the molecule is CCOC(=O)C(CC1CC1)c1ccc(Br)cn1. The van der Waals surface area contributed by atoms with Crippen LogP contribution in [0.25, 0.3) is 0 Å². The fourth-order valence-electron chi connectivity index (χ4n) is 1.86. The third-order valence-electron chi connectivity index (χ3n) is 2.94. The molecule has 1 heterocycles. The van der Waals surface area contributed by atoms with Gasteiger partial charge in [-0.2, -0.15) is 0 Å². The molecule has 1 atom stereocenters. The molecule has 0 saturated heterocycles. The van der Waals surface area contributed by atoms with Crippen LogP contribution >= 0.6 is 15.9 Å². The highest BCUT2D eigenvalue weighted by Crippen LogP contribution is 2.38. The fraction of sp³-hybridized carbons (Fsp3) is 0.538. The molecule has 92 valence electrons. The van der Waals surface area contributed by atoms with Gasteiger partial charge in [0.1, 0.15) is 0 Å². The number of ether oxygens (including phenoxy) is 1. The Morgan fingerprint density at radius 2 is 2.35 bits per heavy atom. The third kappa shape index (κ3) is 3.53. The zero-order valence-electron chi connectivity index (χ0n) is 9.86. The Morgan fingerprint density at radius 1 is 1.59 bits per heavy atom. The minimum atomic E-state index is -0.199. The van der Waals surface area contributed by atoms with Crippen molar-refractivity contribution < 1.29 is 9.53 Å². The molecule has 0 amide bonds. The van der Waals surface area contributed by atoms with Crippen LogP contribution in [0.1, 0.15) is 37.8 Å². The van der Waals surface area contributed by atoms with Gasteiger partial charge in [0.05, 0.1) is 18.2 Å². The van der Waals surface area contributed by atoms with Crippen molar-refractivity contribution in [2.45, 2.75) is 32.1 Å². The van der Waals surface area contributed by atoms with Crippen molar-refractivity contribution in [3.05, 3.63) is 28.5 Å². The number of esters is 1. The van der Waals surface area contributed by atoms with Crippen LogP contribution < -0.4 is 0 Å². The molecule has 1 saturated carbocycles. The maximum absolute atomic E-state index is 11.9. The molecule has 1 aliphatic rings. The molecule has 17 heavy (non-hydrogen) atoms. The summed E-state index contributed by atoms with van der Waals surface area (Å²) in [7, 11) is 0. The number of nitrogens with zero attached hydrogens (tertiary/aromatic N) is 1. The molecule has 1 aromatic rings. The molecule has 4 heteroatoms. The van der Waals surface area contributed by atoms with Crippen molar-refractivity contribution in [3.63, 3.8) is 0 Å². The predicted octanol–water partition coefficient (Wildman–Crippen LogP) is 3.29. The van der Waals surface area contributed by atoms with Gasteiger partial charge in [0.25, 0.3) is 0 Å². The van der Waals surface area contributed by atoms with E-state index in [1.54, 1.807) is 6.20 Å². The van der Waals surface area contributed by atoms with E-state index in [-0.39, 0.29) is 11.9 Å². The van der Waals surface area contributed by atoms with Gasteiger partial charge < -0.3 is 4.74 Å². The summed E-state index contributed by atoms with van der Waals surface area (Å²) in [6, 6.07) is 3.81. The zero-order valence-corrected chi connectivity index (χ0v) is 11.4. The molecule has 2 rings (SSSR count). The van der Waals surface area contributed by atoms with Crippen LogP contribution in [-0.4, -0.2) is 17.6 Å². The van der Waals surface area contributed by atoms with Gasteiger partial charge in [0.2, 0.25) is 0 Å². The van der Waals surface area contributed by atoms with Gasteiger partial charge >= 0.3 is 5.97 Å². The van der Waals surface area contributed by atoms with E-state index in [9.17, 15) is 4.79 Å². The first-order valence-electron chi connectivity index (χ1n) is 5.98. The van der Waals surface area contributed by atoms with Crippen molar-refractivity contribution in [1.82, 2.24) is 4.98 Å². The molecule has 0 aliphatic heterocycles. The standard InChI is InChI=1S/C13H16BrNO2/c1-2-17-13(16)11(7-9-3-4-9)12-6-5-10(14)8-15-12/h5-6,8-9,11H,2-4,7H2,1H3. The Kier molecular flexibility index (Phi) is 4.15. The van der Waals surface area contributed by atoms with E-state index in [1.807, 2.05) is 19.1 Å². The van der Waals surface area contributed by atoms with E-state index in [2.05, 4.69) is 20.9 Å². The highest BCUT2D eigenvalue weighted by Gasteiger charge is 2.31. The van der Waals surface area contributed by atoms with Crippen LogP contribution in [-0.2, 0) is 9.53 Å². The second-order valence-electron chi connectivity index (χ2n) is 4.38. The minimum Gasteiger partial charge on any atom is -0.465 e. The van der Waals surface area contributed by atoms with Gasteiger partial charge in [-0.3, -0.25) is 9.78 Å². The van der Waals surface area contributed by atoms with Crippen LogP contribution in [0.2, 0.25) is 0 Å². The average molecular weight is 298 g/mol. The first-order valence-corrected chi connectivity index (χ1v) is 6.78. The predicted molar refractivity (Wildman–Crippen MR) is 68.7 cm³/mol.